The molecule has 4 nitrogen and oxygen atoms in total. The summed E-state index contributed by atoms with van der Waals surface area (Å²) < 4.78 is 5.64. The highest BCUT2D eigenvalue weighted by Gasteiger charge is 2.73. The highest BCUT2D eigenvalue weighted by Crippen LogP contribution is 2.76. The molecule has 0 amide bonds. The maximum Gasteiger partial charge on any atom is 0.313 e. The number of carbonyl (C=O) groups is 2. The third-order valence-corrected chi connectivity index (χ3v) is 13.1. The van der Waals surface area contributed by atoms with Crippen molar-refractivity contribution in [3.63, 3.8) is 0 Å². The van der Waals surface area contributed by atoms with E-state index in [1.807, 2.05) is 0 Å². The summed E-state index contributed by atoms with van der Waals surface area (Å²) in [7, 11) is 0. The lowest BCUT2D eigenvalue weighted by Crippen LogP contribution is -2.69. The van der Waals surface area contributed by atoms with Crippen LogP contribution < -0.4 is 0 Å². The average molecular weight is 495 g/mol. The number of allylic oxidation sites excluding steroid dienone is 1. The van der Waals surface area contributed by atoms with E-state index in [-0.39, 0.29) is 58.4 Å². The molecule has 5 rings (SSSR count). The first-order valence-corrected chi connectivity index (χ1v) is 14.3. The largest absolute Gasteiger partial charge is 0.452 e. The molecule has 0 heterocycles. The van der Waals surface area contributed by atoms with E-state index in [1.54, 1.807) is 0 Å². The van der Waals surface area contributed by atoms with Gasteiger partial charge in [0.1, 0.15) is 5.78 Å². The quantitative estimate of drug-likeness (QED) is 0.298. The van der Waals surface area contributed by atoms with Crippen molar-refractivity contribution >= 4 is 11.8 Å². The molecule has 4 heteroatoms. The minimum Gasteiger partial charge on any atom is -0.452 e. The molecule has 0 bridgehead atoms. The van der Waals surface area contributed by atoms with E-state index in [0.29, 0.717) is 18.1 Å². The van der Waals surface area contributed by atoms with Crippen LogP contribution >= 0.6 is 0 Å². The summed E-state index contributed by atoms with van der Waals surface area (Å²) in [4.78, 5) is 26.3. The van der Waals surface area contributed by atoms with Crippen LogP contribution in [-0.4, -0.2) is 29.6 Å². The molecule has 36 heavy (non-hydrogen) atoms. The predicted molar refractivity (Wildman–Crippen MR) is 141 cm³/mol. The smallest absolute Gasteiger partial charge is 0.313 e. The third-order valence-electron chi connectivity index (χ3n) is 13.1. The average Bonchev–Trinajstić information content (AvgIpc) is 3.23. The zero-order valence-corrected chi connectivity index (χ0v) is 23.1. The third kappa shape index (κ3) is 3.17. The van der Waals surface area contributed by atoms with Gasteiger partial charge in [-0.05, 0) is 104 Å². The molecule has 1 N–H and O–H groups in total. The molecule has 5 fully saturated rings. The second-order valence-corrected chi connectivity index (χ2v) is 14.1. The Morgan fingerprint density at radius 2 is 1.83 bits per heavy atom. The van der Waals surface area contributed by atoms with Gasteiger partial charge in [-0.1, -0.05) is 45.8 Å². The highest BCUT2D eigenvalue weighted by atomic mass is 16.5. The molecule has 0 saturated heterocycles. The van der Waals surface area contributed by atoms with Crippen LogP contribution in [0.3, 0.4) is 0 Å². The highest BCUT2D eigenvalue weighted by molar-refractivity contribution is 5.82. The number of rotatable bonds is 3. The number of hydrogen-bond acceptors (Lipinski definition) is 4. The Kier molecular flexibility index (Phi) is 6.11. The fraction of sp³-hybridized carbons (Fsp3) is 0.812. The van der Waals surface area contributed by atoms with Gasteiger partial charge in [0.05, 0.1) is 11.5 Å². The van der Waals surface area contributed by atoms with Crippen LogP contribution in [0.5, 0.6) is 0 Å². The first-order chi connectivity index (χ1) is 16.9. The van der Waals surface area contributed by atoms with Crippen LogP contribution in [-0.2, 0) is 14.3 Å². The number of ketones is 1. The minimum absolute atomic E-state index is 0.00811. The molecule has 0 aromatic rings. The summed E-state index contributed by atoms with van der Waals surface area (Å²) in [5, 5.41) is 12.0. The number of Topliss-reactive ketones (excluding diaryl/α,β-unsaturated/α-hetero) is 1. The van der Waals surface area contributed by atoms with Gasteiger partial charge in [0.2, 0.25) is 0 Å². The van der Waals surface area contributed by atoms with Crippen LogP contribution in [0.2, 0.25) is 0 Å². The van der Waals surface area contributed by atoms with Crippen molar-refractivity contribution < 1.29 is 19.4 Å². The topological polar surface area (TPSA) is 63.6 Å². The van der Waals surface area contributed by atoms with Crippen LogP contribution in [0.15, 0.2) is 12.2 Å². The summed E-state index contributed by atoms with van der Waals surface area (Å²) in [5.74, 6) is 3.97. The molecular formula is C32H46O4. The summed E-state index contributed by atoms with van der Waals surface area (Å²) in [6.07, 6.45) is 12.9. The van der Waals surface area contributed by atoms with Gasteiger partial charge in [-0.15, -0.1) is 6.42 Å². The van der Waals surface area contributed by atoms with Crippen LogP contribution in [0.4, 0.5) is 0 Å². The van der Waals surface area contributed by atoms with Crippen molar-refractivity contribution in [2.45, 2.75) is 98.5 Å². The van der Waals surface area contributed by atoms with Gasteiger partial charge in [-0.25, -0.2) is 0 Å². The second kappa shape index (κ2) is 8.45. The summed E-state index contributed by atoms with van der Waals surface area (Å²) in [6, 6.07) is 0. The van der Waals surface area contributed by atoms with Gasteiger partial charge in [0.15, 0.2) is 6.61 Å². The standard InChI is InChI=1S/C32H46O4/c1-8-17-36-28(35)32-14-9-21(19(2)3)26(32)23-18-25(34)27-29(5)12-11-24(33)20(4)22(29)10-13-31(27,7)30(23,6)15-16-32/h1,20-23,25-27,34H,2,9-18H2,3-7H3/t20-,21-,22-,23+,25+,26+,27+,29-,30+,31+,32-/m0/s1. The molecule has 5 aliphatic rings. The van der Waals surface area contributed by atoms with Crippen molar-refractivity contribution in [1.29, 1.82) is 0 Å². The molecule has 0 aromatic carbocycles. The van der Waals surface area contributed by atoms with Crippen LogP contribution in [0, 0.1) is 69.5 Å². The number of hydrogen-bond donors (Lipinski definition) is 1. The van der Waals surface area contributed by atoms with E-state index in [0.717, 1.165) is 56.9 Å². The number of esters is 1. The molecule has 11 atom stereocenters. The zero-order chi connectivity index (χ0) is 26.3. The molecule has 5 saturated carbocycles. The SMILES string of the molecule is C#CCOC(=O)[C@]12CC[C@@H](C(=C)C)[C@@H]1[C@H]1C[C@@H](O)[C@@H]3[C@@]4(C)CCC(=O)[C@@H](C)[C@@H]4CC[C@@]3(C)[C@]1(C)CC2. The van der Waals surface area contributed by atoms with Crippen molar-refractivity contribution in [2.75, 3.05) is 6.61 Å². The number of carbonyl (C=O) groups excluding carboxylic acids is 2. The summed E-state index contributed by atoms with van der Waals surface area (Å²) >= 11 is 0. The number of ether oxygens (including phenoxy) is 1. The van der Waals surface area contributed by atoms with E-state index in [2.05, 4.69) is 47.1 Å². The number of aliphatic hydroxyl groups excluding tert-OH is 1. The lowest BCUT2D eigenvalue weighted by molar-refractivity contribution is -0.260. The van der Waals surface area contributed by atoms with Crippen molar-refractivity contribution in [2.24, 2.45) is 57.2 Å². The van der Waals surface area contributed by atoms with Crippen LogP contribution in [0.1, 0.15) is 92.4 Å². The lowest BCUT2D eigenvalue weighted by atomic mass is 9.32. The fourth-order valence-electron chi connectivity index (χ4n) is 11.2. The van der Waals surface area contributed by atoms with E-state index < -0.39 is 11.5 Å². The number of terminal acetylenes is 1. The molecule has 0 spiro atoms. The van der Waals surface area contributed by atoms with Gasteiger partial charge < -0.3 is 9.84 Å². The van der Waals surface area contributed by atoms with E-state index in [1.165, 1.54) is 0 Å². The van der Waals surface area contributed by atoms with E-state index in [4.69, 9.17) is 11.2 Å². The van der Waals surface area contributed by atoms with Gasteiger partial charge in [-0.2, -0.15) is 0 Å². The first kappa shape index (κ1) is 26.0. The lowest BCUT2D eigenvalue weighted by Gasteiger charge is -2.72. The fourth-order valence-corrected chi connectivity index (χ4v) is 11.2. The maximum atomic E-state index is 13.6. The summed E-state index contributed by atoms with van der Waals surface area (Å²) in [5.41, 5.74) is 0.553. The monoisotopic (exact) mass is 494 g/mol. The Bertz CT molecular complexity index is 1010. The number of aliphatic hydroxyl groups is 1. The zero-order valence-electron chi connectivity index (χ0n) is 23.1. The van der Waals surface area contributed by atoms with Crippen molar-refractivity contribution in [1.82, 2.24) is 0 Å². The van der Waals surface area contributed by atoms with Crippen LogP contribution in [0.25, 0.3) is 0 Å². The Hall–Kier alpha value is -1.60. The Morgan fingerprint density at radius 1 is 1.11 bits per heavy atom. The van der Waals surface area contributed by atoms with E-state index >= 15 is 0 Å². The Morgan fingerprint density at radius 3 is 2.50 bits per heavy atom. The Labute approximate surface area is 218 Å². The minimum atomic E-state index is -0.527. The summed E-state index contributed by atoms with van der Waals surface area (Å²) in [6.45, 7) is 15.9. The maximum absolute atomic E-state index is 13.6. The Balaban J connectivity index is 1.58. The van der Waals surface area contributed by atoms with Gasteiger partial charge in [-0.3, -0.25) is 9.59 Å². The molecular weight excluding hydrogens is 448 g/mol. The molecule has 0 aromatic heterocycles. The normalized spacial score (nSPS) is 51.7. The predicted octanol–water partition coefficient (Wildman–Crippen LogP) is 5.97. The second-order valence-electron chi connectivity index (χ2n) is 14.1. The van der Waals surface area contributed by atoms with E-state index in [9.17, 15) is 14.7 Å². The van der Waals surface area contributed by atoms with Gasteiger partial charge >= 0.3 is 5.97 Å². The van der Waals surface area contributed by atoms with Crippen molar-refractivity contribution in [3.8, 4) is 12.3 Å². The molecule has 0 radical (unpaired) electrons. The molecule has 5 aliphatic carbocycles. The van der Waals surface area contributed by atoms with Gasteiger partial charge in [0, 0.05) is 12.3 Å². The molecule has 198 valence electrons. The first-order valence-electron chi connectivity index (χ1n) is 14.3. The molecule has 0 aliphatic heterocycles. The van der Waals surface area contributed by atoms with Crippen molar-refractivity contribution in [3.05, 3.63) is 12.2 Å². The van der Waals surface area contributed by atoms with Gasteiger partial charge in [0.25, 0.3) is 0 Å². The number of fused-ring (bicyclic) bond motifs is 7. The molecule has 0 unspecified atom stereocenters.